The summed E-state index contributed by atoms with van der Waals surface area (Å²) in [6.45, 7) is 3.99. The van der Waals surface area contributed by atoms with Crippen LogP contribution in [-0.2, 0) is 0 Å². The van der Waals surface area contributed by atoms with E-state index in [2.05, 4.69) is 10.1 Å². The minimum absolute atomic E-state index is 0.0294. The molecule has 0 saturated heterocycles. The molecule has 0 radical (unpaired) electrons. The molecule has 0 atom stereocenters. The molecule has 1 aromatic heterocycles. The lowest BCUT2D eigenvalue weighted by molar-refractivity contribution is 0.318. The first kappa shape index (κ1) is 12.9. The Bertz CT molecular complexity index is 607. The number of rotatable bonds is 3. The van der Waals surface area contributed by atoms with E-state index < -0.39 is 0 Å². The zero-order valence-corrected chi connectivity index (χ0v) is 10.8. The van der Waals surface area contributed by atoms with Crippen LogP contribution in [0.4, 0.5) is 0 Å². The van der Waals surface area contributed by atoms with Crippen molar-refractivity contribution in [3.8, 4) is 11.5 Å². The number of nitrogens with zero attached hydrogens (tertiary/aromatic N) is 2. The van der Waals surface area contributed by atoms with Gasteiger partial charge in [0, 0.05) is 0 Å². The summed E-state index contributed by atoms with van der Waals surface area (Å²) < 4.78 is 5.75. The highest BCUT2D eigenvalue weighted by atomic mass is 16.5. The van der Waals surface area contributed by atoms with Crippen molar-refractivity contribution in [1.82, 2.24) is 4.98 Å². The molecule has 0 bridgehead atoms. The predicted octanol–water partition coefficient (Wildman–Crippen LogP) is 2.59. The third-order valence-corrected chi connectivity index (χ3v) is 2.68. The molecule has 0 fully saturated rings. The zero-order valence-electron chi connectivity index (χ0n) is 10.8. The number of aromatic nitrogens is 1. The summed E-state index contributed by atoms with van der Waals surface area (Å²) in [4.78, 5) is 4.06. The number of benzene rings is 1. The lowest BCUT2D eigenvalue weighted by Crippen LogP contribution is -2.14. The molecule has 0 aliphatic carbocycles. The van der Waals surface area contributed by atoms with Crippen LogP contribution in [0.15, 0.2) is 41.7 Å². The molecule has 5 nitrogen and oxygen atoms in total. The molecule has 0 aliphatic heterocycles. The van der Waals surface area contributed by atoms with Crippen molar-refractivity contribution in [2.75, 3.05) is 0 Å². The molecule has 0 aliphatic rings. The van der Waals surface area contributed by atoms with Crippen LogP contribution < -0.4 is 10.5 Å². The smallest absolute Gasteiger partial charge is 0.188 e. The third kappa shape index (κ3) is 3.01. The second kappa shape index (κ2) is 5.39. The lowest BCUT2D eigenvalue weighted by Gasteiger charge is -2.09. The van der Waals surface area contributed by atoms with Crippen molar-refractivity contribution in [3.63, 3.8) is 0 Å². The lowest BCUT2D eigenvalue weighted by atomic mass is 10.1. The van der Waals surface area contributed by atoms with E-state index in [0.29, 0.717) is 11.4 Å². The summed E-state index contributed by atoms with van der Waals surface area (Å²) >= 11 is 0. The Kier molecular flexibility index (Phi) is 3.66. The van der Waals surface area contributed by atoms with E-state index in [0.717, 1.165) is 16.9 Å². The first-order valence-electron chi connectivity index (χ1n) is 5.79. The number of oxime groups is 1. The van der Waals surface area contributed by atoms with Gasteiger partial charge < -0.3 is 15.7 Å². The monoisotopic (exact) mass is 257 g/mol. The van der Waals surface area contributed by atoms with Crippen LogP contribution in [0, 0.1) is 13.8 Å². The summed E-state index contributed by atoms with van der Waals surface area (Å²) in [6.07, 6.45) is 1.54. The van der Waals surface area contributed by atoms with Crippen molar-refractivity contribution in [2.45, 2.75) is 13.8 Å². The number of aryl methyl sites for hydroxylation is 2. The van der Waals surface area contributed by atoms with Gasteiger partial charge in [0.2, 0.25) is 0 Å². The van der Waals surface area contributed by atoms with Gasteiger partial charge in [-0.2, -0.15) is 0 Å². The highest BCUT2D eigenvalue weighted by Gasteiger charge is 2.04. The average Bonchev–Trinajstić information content (AvgIpc) is 2.43. The number of ether oxygens (including phenoxy) is 1. The average molecular weight is 257 g/mol. The summed E-state index contributed by atoms with van der Waals surface area (Å²) in [5.74, 6) is 1.36. The molecular formula is C14H15N3O2. The standard InChI is InChI=1S/C14H15N3O2/c1-9-3-4-10(2)13(7-9)19-11-5-6-12(16-8-11)14(15)17-18/h3-8,18H,1-2H3,(H2,15,17). The van der Waals surface area contributed by atoms with Crippen LogP contribution in [0.2, 0.25) is 0 Å². The second-order valence-corrected chi connectivity index (χ2v) is 4.24. The molecule has 2 rings (SSSR count). The van der Waals surface area contributed by atoms with E-state index in [4.69, 9.17) is 15.7 Å². The Balaban J connectivity index is 2.22. The van der Waals surface area contributed by atoms with Crippen LogP contribution in [0.1, 0.15) is 16.8 Å². The van der Waals surface area contributed by atoms with Gasteiger partial charge in [0.25, 0.3) is 0 Å². The molecule has 0 unspecified atom stereocenters. The van der Waals surface area contributed by atoms with Crippen molar-refractivity contribution < 1.29 is 9.94 Å². The first-order chi connectivity index (χ1) is 9.10. The van der Waals surface area contributed by atoms with E-state index >= 15 is 0 Å². The Hall–Kier alpha value is -2.56. The molecule has 0 amide bonds. The van der Waals surface area contributed by atoms with Gasteiger partial charge in [0.15, 0.2) is 5.84 Å². The molecule has 19 heavy (non-hydrogen) atoms. The zero-order chi connectivity index (χ0) is 13.8. The number of hydrogen-bond donors (Lipinski definition) is 2. The number of pyridine rings is 1. The summed E-state index contributed by atoms with van der Waals surface area (Å²) in [6, 6.07) is 9.36. The van der Waals surface area contributed by atoms with E-state index in [1.807, 2.05) is 32.0 Å². The minimum Gasteiger partial charge on any atom is -0.455 e. The summed E-state index contributed by atoms with van der Waals surface area (Å²) in [5.41, 5.74) is 8.01. The SMILES string of the molecule is Cc1ccc(C)c(Oc2ccc(/C(N)=N/O)nc2)c1. The van der Waals surface area contributed by atoms with Crippen molar-refractivity contribution in [1.29, 1.82) is 0 Å². The predicted molar refractivity (Wildman–Crippen MR) is 72.7 cm³/mol. The molecule has 0 saturated carbocycles. The fourth-order valence-corrected chi connectivity index (χ4v) is 1.59. The highest BCUT2D eigenvalue weighted by Crippen LogP contribution is 2.25. The topological polar surface area (TPSA) is 80.7 Å². The van der Waals surface area contributed by atoms with Gasteiger partial charge in [-0.15, -0.1) is 0 Å². The molecule has 98 valence electrons. The maximum atomic E-state index is 8.55. The number of nitrogens with two attached hydrogens (primary N) is 1. The van der Waals surface area contributed by atoms with Gasteiger partial charge in [0.05, 0.1) is 6.20 Å². The van der Waals surface area contributed by atoms with Crippen LogP contribution in [0.25, 0.3) is 0 Å². The van der Waals surface area contributed by atoms with E-state index in [9.17, 15) is 0 Å². The normalized spacial score (nSPS) is 11.4. The van der Waals surface area contributed by atoms with Gasteiger partial charge in [-0.1, -0.05) is 17.3 Å². The van der Waals surface area contributed by atoms with Gasteiger partial charge in [-0.3, -0.25) is 0 Å². The fourth-order valence-electron chi connectivity index (χ4n) is 1.59. The van der Waals surface area contributed by atoms with Crippen LogP contribution >= 0.6 is 0 Å². The van der Waals surface area contributed by atoms with Crippen LogP contribution in [0.3, 0.4) is 0 Å². The number of amidine groups is 1. The summed E-state index contributed by atoms with van der Waals surface area (Å²) in [5, 5.41) is 11.4. The molecule has 1 heterocycles. The maximum absolute atomic E-state index is 8.55. The van der Waals surface area contributed by atoms with Crippen LogP contribution in [-0.4, -0.2) is 16.0 Å². The molecule has 0 spiro atoms. The second-order valence-electron chi connectivity index (χ2n) is 4.24. The van der Waals surface area contributed by atoms with Gasteiger partial charge in [-0.05, 0) is 43.2 Å². The Morgan fingerprint density at radius 1 is 1.26 bits per heavy atom. The Morgan fingerprint density at radius 3 is 2.68 bits per heavy atom. The Labute approximate surface area is 111 Å². The minimum atomic E-state index is -0.0294. The third-order valence-electron chi connectivity index (χ3n) is 2.68. The van der Waals surface area contributed by atoms with Gasteiger partial charge >= 0.3 is 0 Å². The summed E-state index contributed by atoms with van der Waals surface area (Å²) in [7, 11) is 0. The Morgan fingerprint density at radius 2 is 2.05 bits per heavy atom. The molecule has 2 aromatic rings. The van der Waals surface area contributed by atoms with E-state index in [1.165, 1.54) is 6.20 Å². The van der Waals surface area contributed by atoms with Crippen LogP contribution in [0.5, 0.6) is 11.5 Å². The quantitative estimate of drug-likeness (QED) is 0.383. The van der Waals surface area contributed by atoms with E-state index in [1.54, 1.807) is 12.1 Å². The molecule has 3 N–H and O–H groups in total. The highest BCUT2D eigenvalue weighted by molar-refractivity contribution is 5.95. The van der Waals surface area contributed by atoms with Gasteiger partial charge in [-0.25, -0.2) is 4.98 Å². The van der Waals surface area contributed by atoms with Crippen molar-refractivity contribution in [3.05, 3.63) is 53.3 Å². The van der Waals surface area contributed by atoms with Gasteiger partial charge in [0.1, 0.15) is 17.2 Å². The van der Waals surface area contributed by atoms with Crippen molar-refractivity contribution in [2.24, 2.45) is 10.9 Å². The van der Waals surface area contributed by atoms with Crippen molar-refractivity contribution >= 4 is 5.84 Å². The maximum Gasteiger partial charge on any atom is 0.188 e. The molecule has 1 aromatic carbocycles. The number of hydrogen-bond acceptors (Lipinski definition) is 4. The van der Waals surface area contributed by atoms with E-state index in [-0.39, 0.29) is 5.84 Å². The fraction of sp³-hybridized carbons (Fsp3) is 0.143. The first-order valence-corrected chi connectivity index (χ1v) is 5.79. The molecular weight excluding hydrogens is 242 g/mol. The largest absolute Gasteiger partial charge is 0.455 e. The molecule has 5 heteroatoms.